The van der Waals surface area contributed by atoms with Crippen molar-refractivity contribution in [3.63, 3.8) is 0 Å². The van der Waals surface area contributed by atoms with Crippen LogP contribution in [0.5, 0.6) is 5.75 Å². The molecule has 2 aromatic heterocycles. The van der Waals surface area contributed by atoms with Gasteiger partial charge < -0.3 is 9.72 Å². The predicted octanol–water partition coefficient (Wildman–Crippen LogP) is 3.63. The van der Waals surface area contributed by atoms with Gasteiger partial charge in [-0.15, -0.1) is 0 Å². The van der Waals surface area contributed by atoms with Crippen LogP contribution in [0.25, 0.3) is 33.7 Å². The number of aromatic amines is 2. The van der Waals surface area contributed by atoms with Crippen LogP contribution < -0.4 is 4.74 Å². The lowest BCUT2D eigenvalue weighted by atomic mass is 10.1. The topological polar surface area (TPSA) is 66.6 Å². The Morgan fingerprint density at radius 3 is 2.86 bits per heavy atom. The van der Waals surface area contributed by atoms with Crippen molar-refractivity contribution in [1.82, 2.24) is 20.2 Å². The summed E-state index contributed by atoms with van der Waals surface area (Å²) in [4.78, 5) is 7.85. The third-order valence-electron chi connectivity index (χ3n) is 3.66. The lowest BCUT2D eigenvalue weighted by molar-refractivity contribution is 0.415. The zero-order valence-electron chi connectivity index (χ0n) is 12.0. The lowest BCUT2D eigenvalue weighted by Gasteiger charge is -2.00. The van der Waals surface area contributed by atoms with Crippen molar-refractivity contribution < 1.29 is 4.74 Å². The Bertz CT molecular complexity index is 938. The smallest absolute Gasteiger partial charge is 0.181 e. The molecule has 0 atom stereocenters. The Kier molecular flexibility index (Phi) is 2.89. The molecule has 2 aromatic carbocycles. The maximum atomic E-state index is 5.24. The number of hydrogen-bond donors (Lipinski definition) is 2. The molecule has 0 saturated carbocycles. The summed E-state index contributed by atoms with van der Waals surface area (Å²) < 4.78 is 5.24. The molecule has 0 bridgehead atoms. The molecule has 0 radical (unpaired) electrons. The van der Waals surface area contributed by atoms with Crippen LogP contribution in [0, 0.1) is 0 Å². The number of para-hydroxylation sites is 1. The van der Waals surface area contributed by atoms with Gasteiger partial charge in [0.1, 0.15) is 5.75 Å². The lowest BCUT2D eigenvalue weighted by Crippen LogP contribution is -1.85. The fraction of sp³-hybridized carbons (Fsp3) is 0.0588. The highest BCUT2D eigenvalue weighted by atomic mass is 16.5. The van der Waals surface area contributed by atoms with Crippen molar-refractivity contribution in [2.75, 3.05) is 7.11 Å². The average Bonchev–Trinajstić information content (AvgIpc) is 3.21. The van der Waals surface area contributed by atoms with E-state index in [0.29, 0.717) is 5.82 Å². The minimum atomic E-state index is 0.652. The molecule has 108 valence electrons. The standard InChI is InChI=1S/C17H14N4O/c1-22-12-6-4-5-11(9-12)16-19-17(21-20-16)14-10-18-15-8-3-2-7-13(14)15/h2-10,18H,1H3,(H,19,20,21). The second kappa shape index (κ2) is 5.04. The van der Waals surface area contributed by atoms with E-state index in [4.69, 9.17) is 4.74 Å². The summed E-state index contributed by atoms with van der Waals surface area (Å²) in [5.41, 5.74) is 3.01. The van der Waals surface area contributed by atoms with Crippen molar-refractivity contribution >= 4 is 10.9 Å². The van der Waals surface area contributed by atoms with E-state index < -0.39 is 0 Å². The molecule has 0 spiro atoms. The first kappa shape index (κ1) is 12.6. The molecule has 22 heavy (non-hydrogen) atoms. The third kappa shape index (κ3) is 2.03. The highest BCUT2D eigenvalue weighted by Crippen LogP contribution is 2.28. The Morgan fingerprint density at radius 2 is 1.95 bits per heavy atom. The number of fused-ring (bicyclic) bond motifs is 1. The van der Waals surface area contributed by atoms with Crippen LogP contribution in [0.2, 0.25) is 0 Å². The van der Waals surface area contributed by atoms with E-state index in [-0.39, 0.29) is 0 Å². The Balaban J connectivity index is 1.78. The number of methoxy groups -OCH3 is 1. The number of H-pyrrole nitrogens is 2. The predicted molar refractivity (Wildman–Crippen MR) is 85.7 cm³/mol. The van der Waals surface area contributed by atoms with Gasteiger partial charge in [-0.25, -0.2) is 4.98 Å². The Hall–Kier alpha value is -3.08. The van der Waals surface area contributed by atoms with Crippen LogP contribution in [0.4, 0.5) is 0 Å². The highest BCUT2D eigenvalue weighted by Gasteiger charge is 2.12. The van der Waals surface area contributed by atoms with Crippen LogP contribution in [-0.2, 0) is 0 Å². The number of nitrogens with one attached hydrogen (secondary N) is 2. The summed E-state index contributed by atoms with van der Waals surface area (Å²) in [5, 5.41) is 8.45. The average molecular weight is 290 g/mol. The van der Waals surface area contributed by atoms with Gasteiger partial charge in [-0.05, 0) is 18.2 Å². The minimum Gasteiger partial charge on any atom is -0.497 e. The first-order valence-electron chi connectivity index (χ1n) is 6.98. The van der Waals surface area contributed by atoms with E-state index in [9.17, 15) is 0 Å². The van der Waals surface area contributed by atoms with Gasteiger partial charge in [0.2, 0.25) is 0 Å². The molecule has 0 unspecified atom stereocenters. The quantitative estimate of drug-likeness (QED) is 0.605. The number of benzene rings is 2. The molecule has 4 aromatic rings. The molecule has 0 saturated heterocycles. The van der Waals surface area contributed by atoms with E-state index in [1.807, 2.05) is 48.7 Å². The fourth-order valence-corrected chi connectivity index (χ4v) is 2.54. The highest BCUT2D eigenvalue weighted by molar-refractivity contribution is 5.93. The van der Waals surface area contributed by atoms with Crippen molar-refractivity contribution in [2.45, 2.75) is 0 Å². The van der Waals surface area contributed by atoms with Crippen molar-refractivity contribution in [3.05, 3.63) is 54.7 Å². The molecule has 2 N–H and O–H groups in total. The van der Waals surface area contributed by atoms with Gasteiger partial charge in [0.25, 0.3) is 0 Å². The number of ether oxygens (including phenoxy) is 1. The zero-order valence-corrected chi connectivity index (χ0v) is 12.0. The second-order valence-electron chi connectivity index (χ2n) is 4.99. The number of hydrogen-bond acceptors (Lipinski definition) is 3. The number of aromatic nitrogens is 4. The SMILES string of the molecule is COc1cccc(-c2n[nH]c(-c3c[nH]c4ccccc34)n2)c1. The first-order chi connectivity index (χ1) is 10.8. The van der Waals surface area contributed by atoms with Gasteiger partial charge in [0.15, 0.2) is 11.6 Å². The summed E-state index contributed by atoms with van der Waals surface area (Å²) in [6.07, 6.45) is 1.94. The van der Waals surface area contributed by atoms with Gasteiger partial charge in [0.05, 0.1) is 7.11 Å². The van der Waals surface area contributed by atoms with Crippen LogP contribution in [0.15, 0.2) is 54.7 Å². The molecule has 0 fully saturated rings. The molecule has 0 amide bonds. The zero-order chi connectivity index (χ0) is 14.9. The van der Waals surface area contributed by atoms with Gasteiger partial charge in [-0.3, -0.25) is 5.10 Å². The van der Waals surface area contributed by atoms with E-state index >= 15 is 0 Å². The van der Waals surface area contributed by atoms with Crippen LogP contribution in [0.1, 0.15) is 0 Å². The molecule has 5 nitrogen and oxygen atoms in total. The normalized spacial score (nSPS) is 11.0. The number of rotatable bonds is 3. The maximum absolute atomic E-state index is 5.24. The summed E-state index contributed by atoms with van der Waals surface area (Å²) >= 11 is 0. The first-order valence-corrected chi connectivity index (χ1v) is 6.98. The molecule has 5 heteroatoms. The van der Waals surface area contributed by atoms with Crippen LogP contribution in [-0.4, -0.2) is 27.3 Å². The van der Waals surface area contributed by atoms with Gasteiger partial charge in [-0.1, -0.05) is 30.3 Å². The summed E-state index contributed by atoms with van der Waals surface area (Å²) in [6, 6.07) is 15.8. The summed E-state index contributed by atoms with van der Waals surface area (Å²) in [5.74, 6) is 2.19. The van der Waals surface area contributed by atoms with Crippen molar-refractivity contribution in [1.29, 1.82) is 0 Å². The monoisotopic (exact) mass is 290 g/mol. The second-order valence-corrected chi connectivity index (χ2v) is 4.99. The molecule has 0 aliphatic carbocycles. The van der Waals surface area contributed by atoms with Gasteiger partial charge in [0, 0.05) is 28.2 Å². The Labute approximate surface area is 127 Å². The maximum Gasteiger partial charge on any atom is 0.181 e. The number of nitrogens with zero attached hydrogens (tertiary/aromatic N) is 2. The van der Waals surface area contributed by atoms with E-state index in [0.717, 1.165) is 33.6 Å². The molecule has 0 aliphatic heterocycles. The van der Waals surface area contributed by atoms with E-state index in [1.165, 1.54) is 0 Å². The molecule has 4 rings (SSSR count). The summed E-state index contributed by atoms with van der Waals surface area (Å²) in [6.45, 7) is 0. The minimum absolute atomic E-state index is 0.652. The molecule has 0 aliphatic rings. The van der Waals surface area contributed by atoms with E-state index in [1.54, 1.807) is 7.11 Å². The molecule has 2 heterocycles. The third-order valence-corrected chi connectivity index (χ3v) is 3.66. The van der Waals surface area contributed by atoms with Crippen LogP contribution >= 0.6 is 0 Å². The van der Waals surface area contributed by atoms with Crippen molar-refractivity contribution in [2.24, 2.45) is 0 Å². The largest absolute Gasteiger partial charge is 0.497 e. The fourth-order valence-electron chi connectivity index (χ4n) is 2.54. The van der Waals surface area contributed by atoms with Gasteiger partial charge >= 0.3 is 0 Å². The van der Waals surface area contributed by atoms with Gasteiger partial charge in [-0.2, -0.15) is 5.10 Å². The van der Waals surface area contributed by atoms with E-state index in [2.05, 4.69) is 26.2 Å². The summed E-state index contributed by atoms with van der Waals surface area (Å²) in [7, 11) is 1.65. The molecular weight excluding hydrogens is 276 g/mol. The molecular formula is C17H14N4O. The van der Waals surface area contributed by atoms with Crippen LogP contribution in [0.3, 0.4) is 0 Å². The Morgan fingerprint density at radius 1 is 1.05 bits per heavy atom. The van der Waals surface area contributed by atoms with Crippen molar-refractivity contribution in [3.8, 4) is 28.5 Å².